The Morgan fingerprint density at radius 1 is 1.15 bits per heavy atom. The van der Waals surface area contributed by atoms with E-state index in [2.05, 4.69) is 30.5 Å². The highest BCUT2D eigenvalue weighted by atomic mass is 16.5. The number of hydrogen-bond donors (Lipinski definition) is 1. The molecule has 0 bridgehead atoms. The number of rotatable bonds is 5. The van der Waals surface area contributed by atoms with Crippen molar-refractivity contribution in [2.24, 2.45) is 21.2 Å². The van der Waals surface area contributed by atoms with Crippen molar-refractivity contribution < 1.29 is 13.9 Å². The van der Waals surface area contributed by atoms with Crippen molar-refractivity contribution in [1.82, 2.24) is 4.98 Å². The molecule has 0 saturated heterocycles. The topological polar surface area (TPSA) is 101 Å². The van der Waals surface area contributed by atoms with Gasteiger partial charge in [0, 0.05) is 5.92 Å². The van der Waals surface area contributed by atoms with E-state index >= 15 is 0 Å². The number of esters is 1. The second kappa shape index (κ2) is 8.22. The van der Waals surface area contributed by atoms with Crippen LogP contribution in [0.2, 0.25) is 0 Å². The number of hydrogen-bond acceptors (Lipinski definition) is 7. The summed E-state index contributed by atoms with van der Waals surface area (Å²) in [4.78, 5) is 15.7. The summed E-state index contributed by atoms with van der Waals surface area (Å²) in [5, 5.41) is 12.5. The number of oxazole rings is 1. The number of azo groups is 1. The SMILES string of the molecule is COC(=O)c1ccc(NN=C(N=Nc2nc3ccccc3o2)C(C)C)cc1. The first kappa shape index (κ1) is 18.2. The lowest BCUT2D eigenvalue weighted by Crippen LogP contribution is -2.07. The van der Waals surface area contributed by atoms with Crippen molar-refractivity contribution in [3.8, 4) is 0 Å². The van der Waals surface area contributed by atoms with Gasteiger partial charge in [0.2, 0.25) is 0 Å². The van der Waals surface area contributed by atoms with Crippen LogP contribution in [-0.2, 0) is 4.74 Å². The molecule has 0 fully saturated rings. The number of hydrazone groups is 1. The second-order valence-corrected chi connectivity index (χ2v) is 5.97. The normalized spacial score (nSPS) is 12.1. The number of fused-ring (bicyclic) bond motifs is 1. The predicted octanol–water partition coefficient (Wildman–Crippen LogP) is 4.78. The van der Waals surface area contributed by atoms with E-state index in [0.717, 1.165) is 5.52 Å². The molecular formula is C19H19N5O3. The third-order valence-corrected chi connectivity index (χ3v) is 3.64. The molecule has 27 heavy (non-hydrogen) atoms. The number of nitrogens with zero attached hydrogens (tertiary/aromatic N) is 4. The van der Waals surface area contributed by atoms with Gasteiger partial charge in [0.25, 0.3) is 0 Å². The Kier molecular flexibility index (Phi) is 5.55. The highest BCUT2D eigenvalue weighted by Gasteiger charge is 2.08. The van der Waals surface area contributed by atoms with Crippen LogP contribution in [0.15, 0.2) is 68.3 Å². The smallest absolute Gasteiger partial charge is 0.342 e. The Bertz CT molecular complexity index is 957. The Morgan fingerprint density at radius 2 is 1.89 bits per heavy atom. The molecule has 0 aliphatic heterocycles. The van der Waals surface area contributed by atoms with Gasteiger partial charge in [-0.25, -0.2) is 4.79 Å². The molecule has 2 aromatic carbocycles. The molecule has 3 rings (SSSR count). The molecule has 138 valence electrons. The predicted molar refractivity (Wildman–Crippen MR) is 102 cm³/mol. The van der Waals surface area contributed by atoms with E-state index in [1.807, 2.05) is 38.1 Å². The molecule has 0 spiro atoms. The highest BCUT2D eigenvalue weighted by molar-refractivity contribution is 5.89. The van der Waals surface area contributed by atoms with Gasteiger partial charge in [-0.1, -0.05) is 31.1 Å². The van der Waals surface area contributed by atoms with Crippen LogP contribution in [0.4, 0.5) is 11.7 Å². The summed E-state index contributed by atoms with van der Waals surface area (Å²) in [7, 11) is 1.34. The average molecular weight is 365 g/mol. The third kappa shape index (κ3) is 4.55. The van der Waals surface area contributed by atoms with E-state index in [1.165, 1.54) is 7.11 Å². The minimum Gasteiger partial charge on any atom is -0.465 e. The number of ether oxygens (including phenoxy) is 1. The molecule has 3 aromatic rings. The standard InChI is InChI=1S/C19H19N5O3/c1-12(2)17(22-21-14-10-8-13(9-11-14)18(25)26-3)23-24-19-20-15-6-4-5-7-16(15)27-19/h4-12,21H,1-3H3. The number of carbonyl (C=O) groups excluding carboxylic acids is 1. The summed E-state index contributed by atoms with van der Waals surface area (Å²) in [5.74, 6) is 0.120. The van der Waals surface area contributed by atoms with E-state index in [1.54, 1.807) is 24.3 Å². The molecule has 1 heterocycles. The first-order valence-corrected chi connectivity index (χ1v) is 8.36. The number of methoxy groups -OCH3 is 1. The lowest BCUT2D eigenvalue weighted by Gasteiger charge is -2.05. The van der Waals surface area contributed by atoms with E-state index < -0.39 is 0 Å². The zero-order chi connectivity index (χ0) is 19.2. The van der Waals surface area contributed by atoms with Gasteiger partial charge in [0.1, 0.15) is 5.52 Å². The molecule has 1 N–H and O–H groups in total. The Morgan fingerprint density at radius 3 is 2.56 bits per heavy atom. The van der Waals surface area contributed by atoms with Gasteiger partial charge in [0.05, 0.1) is 18.4 Å². The third-order valence-electron chi connectivity index (χ3n) is 3.64. The van der Waals surface area contributed by atoms with Gasteiger partial charge in [-0.15, -0.1) is 5.11 Å². The number of para-hydroxylation sites is 2. The van der Waals surface area contributed by atoms with Crippen molar-refractivity contribution >= 4 is 34.6 Å². The van der Waals surface area contributed by atoms with Crippen LogP contribution in [0, 0.1) is 5.92 Å². The summed E-state index contributed by atoms with van der Waals surface area (Å²) < 4.78 is 10.2. The average Bonchev–Trinajstić information content (AvgIpc) is 3.10. The van der Waals surface area contributed by atoms with Crippen LogP contribution in [0.5, 0.6) is 0 Å². The number of nitrogens with one attached hydrogen (secondary N) is 1. The summed E-state index contributed by atoms with van der Waals surface area (Å²) in [6.45, 7) is 3.90. The van der Waals surface area contributed by atoms with Crippen molar-refractivity contribution in [1.29, 1.82) is 0 Å². The number of benzene rings is 2. The molecular weight excluding hydrogens is 346 g/mol. The molecule has 8 heteroatoms. The van der Waals surface area contributed by atoms with Crippen LogP contribution >= 0.6 is 0 Å². The maximum atomic E-state index is 11.5. The van der Waals surface area contributed by atoms with Crippen molar-refractivity contribution in [3.05, 3.63) is 54.1 Å². The summed E-state index contributed by atoms with van der Waals surface area (Å²) in [6, 6.07) is 14.3. The van der Waals surface area contributed by atoms with Crippen LogP contribution in [0.1, 0.15) is 24.2 Å². The minimum absolute atomic E-state index is 0.0278. The monoisotopic (exact) mass is 365 g/mol. The fourth-order valence-electron chi connectivity index (χ4n) is 2.18. The quantitative estimate of drug-likeness (QED) is 0.230. The van der Waals surface area contributed by atoms with E-state index in [-0.39, 0.29) is 17.9 Å². The number of aromatic nitrogens is 1. The Balaban J connectivity index is 1.73. The number of carbonyl (C=O) groups is 1. The van der Waals surface area contributed by atoms with Gasteiger partial charge in [0.15, 0.2) is 11.4 Å². The van der Waals surface area contributed by atoms with Crippen molar-refractivity contribution in [3.63, 3.8) is 0 Å². The maximum Gasteiger partial charge on any atom is 0.342 e. The lowest BCUT2D eigenvalue weighted by molar-refractivity contribution is 0.0601. The highest BCUT2D eigenvalue weighted by Crippen LogP contribution is 2.21. The lowest BCUT2D eigenvalue weighted by atomic mass is 10.2. The Labute approximate surface area is 156 Å². The zero-order valence-electron chi connectivity index (χ0n) is 15.2. The van der Waals surface area contributed by atoms with Gasteiger partial charge < -0.3 is 9.15 Å². The molecule has 0 saturated carbocycles. The molecule has 0 aliphatic rings. The summed E-state index contributed by atoms with van der Waals surface area (Å²) >= 11 is 0. The maximum absolute atomic E-state index is 11.5. The van der Waals surface area contributed by atoms with Crippen molar-refractivity contribution in [2.45, 2.75) is 13.8 Å². The van der Waals surface area contributed by atoms with E-state index in [4.69, 9.17) is 4.42 Å². The molecule has 0 atom stereocenters. The number of anilines is 1. The molecule has 1 aromatic heterocycles. The van der Waals surface area contributed by atoms with Crippen LogP contribution in [-0.4, -0.2) is 23.9 Å². The fourth-order valence-corrected chi connectivity index (χ4v) is 2.18. The van der Waals surface area contributed by atoms with Crippen LogP contribution in [0.25, 0.3) is 11.1 Å². The van der Waals surface area contributed by atoms with E-state index in [9.17, 15) is 4.79 Å². The number of amidine groups is 1. The fraction of sp³-hybridized carbons (Fsp3) is 0.211. The first-order valence-electron chi connectivity index (χ1n) is 8.36. The first-order chi connectivity index (χ1) is 13.1. The Hall–Kier alpha value is -3.55. The zero-order valence-corrected chi connectivity index (χ0v) is 15.2. The van der Waals surface area contributed by atoms with Gasteiger partial charge in [-0.05, 0) is 36.4 Å². The minimum atomic E-state index is -0.389. The second-order valence-electron chi connectivity index (χ2n) is 5.97. The van der Waals surface area contributed by atoms with Gasteiger partial charge in [-0.3, -0.25) is 5.43 Å². The molecule has 0 amide bonds. The summed E-state index contributed by atoms with van der Waals surface area (Å²) in [6.07, 6.45) is 0. The molecule has 0 unspecified atom stereocenters. The van der Waals surface area contributed by atoms with Gasteiger partial charge >= 0.3 is 12.0 Å². The van der Waals surface area contributed by atoms with Crippen molar-refractivity contribution in [2.75, 3.05) is 12.5 Å². The molecule has 0 radical (unpaired) electrons. The largest absolute Gasteiger partial charge is 0.465 e. The summed E-state index contributed by atoms with van der Waals surface area (Å²) in [5.41, 5.74) is 5.45. The van der Waals surface area contributed by atoms with Crippen LogP contribution < -0.4 is 5.43 Å². The van der Waals surface area contributed by atoms with Crippen LogP contribution in [0.3, 0.4) is 0 Å². The van der Waals surface area contributed by atoms with Gasteiger partial charge in [-0.2, -0.15) is 10.1 Å². The molecule has 8 nitrogen and oxygen atoms in total. The molecule has 0 aliphatic carbocycles. The van der Waals surface area contributed by atoms with E-state index in [0.29, 0.717) is 22.7 Å².